The van der Waals surface area contributed by atoms with E-state index in [1.807, 2.05) is 0 Å². The molecule has 0 bridgehead atoms. The average Bonchev–Trinajstić information content (AvgIpc) is 2.46. The van der Waals surface area contributed by atoms with E-state index in [0.29, 0.717) is 11.3 Å². The summed E-state index contributed by atoms with van der Waals surface area (Å²) in [5, 5.41) is 0. The molecule has 1 heterocycles. The lowest BCUT2D eigenvalue weighted by atomic mass is 10.2. The van der Waals surface area contributed by atoms with Gasteiger partial charge in [0.1, 0.15) is 0 Å². The normalized spacial score (nSPS) is 12.3. The lowest BCUT2D eigenvalue weighted by Gasteiger charge is -2.16. The van der Waals surface area contributed by atoms with E-state index in [9.17, 15) is 0 Å². The van der Waals surface area contributed by atoms with Gasteiger partial charge in [0.25, 0.3) is 0 Å². The molecule has 0 radical (unpaired) electrons. The smallest absolute Gasteiger partial charge is 0.250 e. The fourth-order valence-electron chi connectivity index (χ4n) is 1.58. The summed E-state index contributed by atoms with van der Waals surface area (Å²) < 4.78 is 1.48. The van der Waals surface area contributed by atoms with E-state index in [1.54, 1.807) is 37.8 Å². The summed E-state index contributed by atoms with van der Waals surface area (Å²) >= 11 is 35.0. The van der Waals surface area contributed by atoms with Crippen molar-refractivity contribution in [2.75, 3.05) is 0 Å². The highest BCUT2D eigenvalue weighted by molar-refractivity contribution is 6.67. The molecule has 23 heavy (non-hydrogen) atoms. The van der Waals surface area contributed by atoms with Gasteiger partial charge < -0.3 is 4.74 Å². The third kappa shape index (κ3) is 5.12. The van der Waals surface area contributed by atoms with Crippen molar-refractivity contribution in [2.24, 2.45) is 0 Å². The molecule has 0 unspecified atom stereocenters. The van der Waals surface area contributed by atoms with Crippen LogP contribution < -0.4 is 4.74 Å². The van der Waals surface area contributed by atoms with Crippen molar-refractivity contribution in [1.29, 1.82) is 0 Å². The molecule has 4 nitrogen and oxygen atoms in total. The summed E-state index contributed by atoms with van der Waals surface area (Å²) in [5.74, 6) is 0.565. The van der Waals surface area contributed by atoms with Gasteiger partial charge in [-0.2, -0.15) is 13.5 Å². The Hall–Kier alpha value is -0.230. The van der Waals surface area contributed by atoms with Gasteiger partial charge in [0.05, 0.1) is 5.75 Å². The number of ether oxygens (including phenoxy) is 1. The van der Waals surface area contributed by atoms with E-state index in [4.69, 9.17) is 74.3 Å². The molecule has 0 saturated heterocycles. The van der Waals surface area contributed by atoms with Crippen LogP contribution in [0, 0.1) is 6.61 Å². The van der Waals surface area contributed by atoms with Crippen LogP contribution in [0.15, 0.2) is 24.3 Å². The first kappa shape index (κ1) is 19.1. The van der Waals surface area contributed by atoms with Gasteiger partial charge in [-0.25, -0.2) is 15.0 Å². The van der Waals surface area contributed by atoms with Crippen LogP contribution in [0.2, 0.25) is 0 Å². The Morgan fingerprint density at radius 3 is 1.70 bits per heavy atom. The van der Waals surface area contributed by atoms with Crippen LogP contribution in [-0.4, -0.2) is 15.0 Å². The third-order valence-corrected chi connectivity index (χ3v) is 3.52. The maximum absolute atomic E-state index is 5.83. The first-order chi connectivity index (χ1) is 10.6. The van der Waals surface area contributed by atoms with Crippen molar-refractivity contribution < 1.29 is 4.74 Å². The van der Waals surface area contributed by atoms with Crippen molar-refractivity contribution in [2.45, 2.75) is 14.5 Å². The van der Waals surface area contributed by atoms with Crippen LogP contribution in [0.1, 0.15) is 18.6 Å². The van der Waals surface area contributed by atoms with E-state index in [1.165, 1.54) is 0 Å². The van der Waals surface area contributed by atoms with Crippen molar-refractivity contribution in [1.82, 2.24) is 15.0 Å². The SMILES string of the molecule is C[CH-]Oc1ccc(-c2nc(C(Cl)(Cl)Cl)nc(C(Cl)(Cl)Cl)n2)cc1. The van der Waals surface area contributed by atoms with Gasteiger partial charge in [-0.3, -0.25) is 0 Å². The molecule has 0 saturated carbocycles. The molecular formula is C13H8Cl6N3O-. The highest BCUT2D eigenvalue weighted by Crippen LogP contribution is 2.40. The van der Waals surface area contributed by atoms with Crippen LogP contribution in [0.4, 0.5) is 0 Å². The fourth-order valence-corrected chi connectivity index (χ4v) is 2.08. The van der Waals surface area contributed by atoms with Gasteiger partial charge in [0.15, 0.2) is 17.5 Å². The molecule has 124 valence electrons. The molecule has 0 aliphatic rings. The number of hydrogen-bond acceptors (Lipinski definition) is 4. The Balaban J connectivity index is 2.52. The summed E-state index contributed by atoms with van der Waals surface area (Å²) in [6.45, 7) is 3.32. The predicted molar refractivity (Wildman–Crippen MR) is 94.3 cm³/mol. The zero-order valence-corrected chi connectivity index (χ0v) is 15.9. The number of hydrogen-bond donors (Lipinski definition) is 0. The molecule has 0 aliphatic carbocycles. The molecule has 1 aromatic carbocycles. The average molecular weight is 435 g/mol. The maximum atomic E-state index is 5.83. The van der Waals surface area contributed by atoms with Crippen LogP contribution >= 0.6 is 69.6 Å². The number of halogens is 6. The summed E-state index contributed by atoms with van der Waals surface area (Å²) in [5.41, 5.74) is 0.613. The van der Waals surface area contributed by atoms with Gasteiger partial charge in [0.2, 0.25) is 7.59 Å². The lowest BCUT2D eigenvalue weighted by molar-refractivity contribution is 0.416. The minimum absolute atomic E-state index is 0.143. The highest BCUT2D eigenvalue weighted by Gasteiger charge is 2.33. The minimum Gasteiger partial charge on any atom is -0.663 e. The first-order valence-corrected chi connectivity index (χ1v) is 8.33. The molecule has 0 aliphatic heterocycles. The second kappa shape index (κ2) is 7.34. The number of nitrogens with zero attached hydrogens (tertiary/aromatic N) is 3. The predicted octanol–water partition coefficient (Wildman–Crippen LogP) is 5.75. The van der Waals surface area contributed by atoms with E-state index in [-0.39, 0.29) is 17.5 Å². The molecule has 10 heteroatoms. The van der Waals surface area contributed by atoms with E-state index in [2.05, 4.69) is 15.0 Å². The molecular weight excluding hydrogens is 427 g/mol. The second-order valence-corrected chi connectivity index (χ2v) is 8.74. The maximum Gasteiger partial charge on any atom is 0.250 e. The second-order valence-electron chi connectivity index (χ2n) is 4.18. The Morgan fingerprint density at radius 2 is 1.30 bits per heavy atom. The van der Waals surface area contributed by atoms with E-state index in [0.717, 1.165) is 0 Å². The third-order valence-electron chi connectivity index (χ3n) is 2.51. The molecule has 0 atom stereocenters. The van der Waals surface area contributed by atoms with Crippen molar-refractivity contribution in [3.05, 3.63) is 42.5 Å². The van der Waals surface area contributed by atoms with Gasteiger partial charge in [0, 0.05) is 5.56 Å². The Labute approximate surface area is 163 Å². The molecule has 0 amide bonds. The van der Waals surface area contributed by atoms with Gasteiger partial charge in [-0.05, 0) is 24.3 Å². The van der Waals surface area contributed by atoms with Crippen molar-refractivity contribution in [3.8, 4) is 17.1 Å². The van der Waals surface area contributed by atoms with Gasteiger partial charge in [-0.1, -0.05) is 69.6 Å². The molecule has 0 spiro atoms. The first-order valence-electron chi connectivity index (χ1n) is 6.06. The van der Waals surface area contributed by atoms with Crippen LogP contribution in [-0.2, 0) is 7.59 Å². The lowest BCUT2D eigenvalue weighted by Crippen LogP contribution is -2.16. The number of benzene rings is 1. The van der Waals surface area contributed by atoms with Crippen LogP contribution in [0.25, 0.3) is 11.4 Å². The summed E-state index contributed by atoms with van der Waals surface area (Å²) in [6, 6.07) is 6.89. The molecule has 2 rings (SSSR count). The Bertz CT molecular complexity index is 649. The van der Waals surface area contributed by atoms with Gasteiger partial charge >= 0.3 is 0 Å². The topological polar surface area (TPSA) is 47.9 Å². The number of aromatic nitrogens is 3. The summed E-state index contributed by atoms with van der Waals surface area (Å²) in [6.07, 6.45) is 0. The van der Waals surface area contributed by atoms with E-state index < -0.39 is 7.59 Å². The molecule has 2 aromatic rings. The highest BCUT2D eigenvalue weighted by atomic mass is 35.6. The van der Waals surface area contributed by atoms with Crippen LogP contribution in [0.5, 0.6) is 5.75 Å². The monoisotopic (exact) mass is 432 g/mol. The standard InChI is InChI=1S/C13H8Cl6N3O/c1-2-23-8-5-3-7(4-6-8)9-20-10(12(14,15)16)22-11(21-9)13(17,18)19/h2-6H,1H3/q-1. The molecule has 1 aromatic heterocycles. The quantitative estimate of drug-likeness (QED) is 0.455. The zero-order valence-electron chi connectivity index (χ0n) is 11.4. The number of alkyl halides is 6. The Kier molecular flexibility index (Phi) is 6.10. The molecule has 0 fully saturated rings. The van der Waals surface area contributed by atoms with Crippen molar-refractivity contribution in [3.63, 3.8) is 0 Å². The van der Waals surface area contributed by atoms with Gasteiger partial charge in [-0.15, -0.1) is 0 Å². The Morgan fingerprint density at radius 1 is 0.826 bits per heavy atom. The minimum atomic E-state index is -1.89. The summed E-state index contributed by atoms with van der Waals surface area (Å²) in [7, 11) is 0. The van der Waals surface area contributed by atoms with Crippen LogP contribution in [0.3, 0.4) is 0 Å². The molecule has 0 N–H and O–H groups in total. The zero-order chi connectivity index (χ0) is 17.3. The number of rotatable bonds is 3. The van der Waals surface area contributed by atoms with Crippen molar-refractivity contribution >= 4 is 69.6 Å². The fraction of sp³-hybridized carbons (Fsp3) is 0.231. The summed E-state index contributed by atoms with van der Waals surface area (Å²) in [4.78, 5) is 12.1. The largest absolute Gasteiger partial charge is 0.663 e. The van der Waals surface area contributed by atoms with E-state index >= 15 is 0 Å².